The Morgan fingerprint density at radius 1 is 1.11 bits per heavy atom. The number of hydrogen-bond acceptors (Lipinski definition) is 5. The van der Waals surface area contributed by atoms with E-state index in [1.165, 1.54) is 0 Å². The van der Waals surface area contributed by atoms with Crippen molar-refractivity contribution in [2.45, 2.75) is 12.5 Å². The molecule has 1 unspecified atom stereocenters. The van der Waals surface area contributed by atoms with Crippen LogP contribution in [0.25, 0.3) is 0 Å². The van der Waals surface area contributed by atoms with Gasteiger partial charge in [-0.2, -0.15) is 0 Å². The number of ether oxygens (including phenoxy) is 4. The van der Waals surface area contributed by atoms with Crippen molar-refractivity contribution in [2.75, 3.05) is 41.2 Å². The molecular formula is C14H23NO4. The van der Waals surface area contributed by atoms with E-state index in [0.717, 1.165) is 23.5 Å². The molecule has 1 atom stereocenters. The Labute approximate surface area is 114 Å². The summed E-state index contributed by atoms with van der Waals surface area (Å²) < 4.78 is 21.0. The van der Waals surface area contributed by atoms with Gasteiger partial charge in [0.25, 0.3) is 0 Å². The van der Waals surface area contributed by atoms with E-state index in [1.54, 1.807) is 21.3 Å². The van der Waals surface area contributed by atoms with Crippen molar-refractivity contribution in [1.82, 2.24) is 0 Å². The molecule has 108 valence electrons. The molecular weight excluding hydrogens is 246 g/mol. The van der Waals surface area contributed by atoms with Gasteiger partial charge in [-0.3, -0.25) is 0 Å². The molecule has 0 aliphatic carbocycles. The fourth-order valence-corrected chi connectivity index (χ4v) is 1.73. The molecule has 5 nitrogen and oxygen atoms in total. The van der Waals surface area contributed by atoms with E-state index >= 15 is 0 Å². The lowest BCUT2D eigenvalue weighted by molar-refractivity contribution is 0.0936. The molecule has 0 aromatic heterocycles. The summed E-state index contributed by atoms with van der Waals surface area (Å²) in [6, 6.07) is 5.32. The summed E-state index contributed by atoms with van der Waals surface area (Å²) in [5.41, 5.74) is 7.00. The highest BCUT2D eigenvalue weighted by atomic mass is 16.5. The van der Waals surface area contributed by atoms with Crippen LogP contribution < -0.4 is 15.2 Å². The summed E-state index contributed by atoms with van der Waals surface area (Å²) in [6.45, 7) is 1.76. The van der Waals surface area contributed by atoms with Gasteiger partial charge in [-0.25, -0.2) is 0 Å². The third kappa shape index (κ3) is 5.06. The van der Waals surface area contributed by atoms with Gasteiger partial charge in [0.1, 0.15) is 11.5 Å². The second kappa shape index (κ2) is 8.74. The number of methoxy groups -OCH3 is 3. The summed E-state index contributed by atoms with van der Waals surface area (Å²) in [4.78, 5) is 0. The summed E-state index contributed by atoms with van der Waals surface area (Å²) >= 11 is 0. The normalized spacial score (nSPS) is 12.2. The summed E-state index contributed by atoms with van der Waals surface area (Å²) in [6.07, 6.45) is 0.860. The highest BCUT2D eigenvalue weighted by Crippen LogP contribution is 2.28. The lowest BCUT2D eigenvalue weighted by Gasteiger charge is -2.17. The SMILES string of the molecule is COCCCOCC(N)c1cc(OC)ccc1OC. The maximum absolute atomic E-state index is 6.12. The first kappa shape index (κ1) is 15.8. The molecule has 0 aliphatic rings. The van der Waals surface area contributed by atoms with E-state index in [9.17, 15) is 0 Å². The summed E-state index contributed by atoms with van der Waals surface area (Å²) in [5, 5.41) is 0. The lowest BCUT2D eigenvalue weighted by atomic mass is 10.1. The van der Waals surface area contributed by atoms with Crippen LogP contribution >= 0.6 is 0 Å². The van der Waals surface area contributed by atoms with Crippen molar-refractivity contribution in [1.29, 1.82) is 0 Å². The number of nitrogens with two attached hydrogens (primary N) is 1. The van der Waals surface area contributed by atoms with Crippen LogP contribution in [0.2, 0.25) is 0 Å². The average Bonchev–Trinajstić information content (AvgIpc) is 2.46. The van der Waals surface area contributed by atoms with E-state index < -0.39 is 0 Å². The van der Waals surface area contributed by atoms with Crippen molar-refractivity contribution >= 4 is 0 Å². The molecule has 0 heterocycles. The Morgan fingerprint density at radius 3 is 2.53 bits per heavy atom. The molecule has 1 rings (SSSR count). The third-order valence-corrected chi connectivity index (χ3v) is 2.77. The first-order valence-corrected chi connectivity index (χ1v) is 6.27. The molecule has 0 amide bonds. The molecule has 1 aromatic rings. The third-order valence-electron chi connectivity index (χ3n) is 2.77. The number of rotatable bonds is 9. The van der Waals surface area contributed by atoms with Crippen molar-refractivity contribution in [2.24, 2.45) is 5.73 Å². The second-order valence-electron chi connectivity index (χ2n) is 4.14. The number of benzene rings is 1. The largest absolute Gasteiger partial charge is 0.497 e. The predicted molar refractivity (Wildman–Crippen MR) is 73.8 cm³/mol. The van der Waals surface area contributed by atoms with Gasteiger partial charge < -0.3 is 24.7 Å². The van der Waals surface area contributed by atoms with E-state index in [1.807, 2.05) is 18.2 Å². The molecule has 0 radical (unpaired) electrons. The molecule has 5 heteroatoms. The Hall–Kier alpha value is -1.30. The summed E-state index contributed by atoms with van der Waals surface area (Å²) in [7, 11) is 4.92. The van der Waals surface area contributed by atoms with Crippen LogP contribution in [-0.2, 0) is 9.47 Å². The van der Waals surface area contributed by atoms with Crippen LogP contribution in [0.15, 0.2) is 18.2 Å². The zero-order valence-electron chi connectivity index (χ0n) is 11.8. The maximum atomic E-state index is 6.12. The van der Waals surface area contributed by atoms with Crippen LogP contribution in [0.1, 0.15) is 18.0 Å². The van der Waals surface area contributed by atoms with E-state index in [2.05, 4.69) is 0 Å². The fraction of sp³-hybridized carbons (Fsp3) is 0.571. The molecule has 0 bridgehead atoms. The van der Waals surface area contributed by atoms with Gasteiger partial charge in [0.2, 0.25) is 0 Å². The van der Waals surface area contributed by atoms with E-state index in [0.29, 0.717) is 19.8 Å². The zero-order chi connectivity index (χ0) is 14.1. The molecule has 0 fully saturated rings. The molecule has 19 heavy (non-hydrogen) atoms. The monoisotopic (exact) mass is 269 g/mol. The van der Waals surface area contributed by atoms with Crippen molar-refractivity contribution in [3.05, 3.63) is 23.8 Å². The van der Waals surface area contributed by atoms with Gasteiger partial charge in [-0.1, -0.05) is 0 Å². The average molecular weight is 269 g/mol. The first-order valence-electron chi connectivity index (χ1n) is 6.27. The Kier molecular flexibility index (Phi) is 7.25. The molecule has 0 aliphatic heterocycles. The van der Waals surface area contributed by atoms with E-state index in [4.69, 9.17) is 24.7 Å². The van der Waals surface area contributed by atoms with E-state index in [-0.39, 0.29) is 6.04 Å². The highest BCUT2D eigenvalue weighted by Gasteiger charge is 2.13. The zero-order valence-corrected chi connectivity index (χ0v) is 11.8. The first-order chi connectivity index (χ1) is 9.22. The van der Waals surface area contributed by atoms with Crippen LogP contribution in [-0.4, -0.2) is 41.2 Å². The van der Waals surface area contributed by atoms with Gasteiger partial charge >= 0.3 is 0 Å². The molecule has 0 saturated heterocycles. The van der Waals surface area contributed by atoms with Gasteiger partial charge in [-0.05, 0) is 24.6 Å². The lowest BCUT2D eigenvalue weighted by Crippen LogP contribution is -2.18. The van der Waals surface area contributed by atoms with Crippen LogP contribution in [0, 0.1) is 0 Å². The van der Waals surface area contributed by atoms with Gasteiger partial charge in [0.15, 0.2) is 0 Å². The van der Waals surface area contributed by atoms with Crippen molar-refractivity contribution < 1.29 is 18.9 Å². The molecule has 1 aromatic carbocycles. The topological polar surface area (TPSA) is 62.9 Å². The second-order valence-corrected chi connectivity index (χ2v) is 4.14. The predicted octanol–water partition coefficient (Wildman–Crippen LogP) is 1.76. The molecule has 0 spiro atoms. The Morgan fingerprint density at radius 2 is 1.89 bits per heavy atom. The Balaban J connectivity index is 2.56. The van der Waals surface area contributed by atoms with Crippen LogP contribution in [0.3, 0.4) is 0 Å². The van der Waals surface area contributed by atoms with Gasteiger partial charge in [0, 0.05) is 25.9 Å². The minimum absolute atomic E-state index is 0.243. The van der Waals surface area contributed by atoms with Crippen LogP contribution in [0.4, 0.5) is 0 Å². The summed E-state index contributed by atoms with van der Waals surface area (Å²) in [5.74, 6) is 1.50. The standard InChI is InChI=1S/C14H23NO4/c1-16-7-4-8-19-10-13(15)12-9-11(17-2)5-6-14(12)18-3/h5-6,9,13H,4,7-8,10,15H2,1-3H3. The highest BCUT2D eigenvalue weighted by molar-refractivity contribution is 5.42. The number of hydrogen-bond donors (Lipinski definition) is 1. The maximum Gasteiger partial charge on any atom is 0.123 e. The minimum atomic E-state index is -0.243. The smallest absolute Gasteiger partial charge is 0.123 e. The molecule has 2 N–H and O–H groups in total. The Bertz CT molecular complexity index is 370. The van der Waals surface area contributed by atoms with Gasteiger partial charge in [-0.15, -0.1) is 0 Å². The fourth-order valence-electron chi connectivity index (χ4n) is 1.73. The quantitative estimate of drug-likeness (QED) is 0.692. The van der Waals surface area contributed by atoms with Gasteiger partial charge in [0.05, 0.1) is 26.9 Å². The van der Waals surface area contributed by atoms with Crippen molar-refractivity contribution in [3.8, 4) is 11.5 Å². The van der Waals surface area contributed by atoms with Crippen LogP contribution in [0.5, 0.6) is 11.5 Å². The minimum Gasteiger partial charge on any atom is -0.497 e. The molecule has 0 saturated carbocycles. The van der Waals surface area contributed by atoms with Crippen molar-refractivity contribution in [3.63, 3.8) is 0 Å².